The Bertz CT molecular complexity index is 446. The summed E-state index contributed by atoms with van der Waals surface area (Å²) in [5.74, 6) is -0.407. The summed E-state index contributed by atoms with van der Waals surface area (Å²) >= 11 is 0. The largest absolute Gasteiger partial charge is 0.417 e. The second kappa shape index (κ2) is 5.32. The van der Waals surface area contributed by atoms with Gasteiger partial charge in [0.25, 0.3) is 0 Å². The van der Waals surface area contributed by atoms with Crippen molar-refractivity contribution in [3.05, 3.63) is 58.4 Å². The molecule has 1 aromatic carbocycles. The molecule has 0 amide bonds. The third-order valence-electron chi connectivity index (χ3n) is 2.45. The average molecular weight is 218 g/mol. The Hall–Kier alpha value is -1.81. The SMILES string of the molecule is O=c1[nH]cco1.c1ccc2c(c1)CCNC2. The molecular formula is C12H14N2O2. The number of fused-ring (bicyclic) bond motifs is 1. The lowest BCUT2D eigenvalue weighted by Crippen LogP contribution is -2.23. The first-order chi connectivity index (χ1) is 7.86. The van der Waals surface area contributed by atoms with Crippen LogP contribution in [0.2, 0.25) is 0 Å². The summed E-state index contributed by atoms with van der Waals surface area (Å²) in [5, 5.41) is 3.34. The van der Waals surface area contributed by atoms with Gasteiger partial charge in [-0.05, 0) is 24.1 Å². The molecule has 16 heavy (non-hydrogen) atoms. The first-order valence-corrected chi connectivity index (χ1v) is 5.26. The Labute approximate surface area is 93.3 Å². The number of H-pyrrole nitrogens is 1. The van der Waals surface area contributed by atoms with Gasteiger partial charge in [-0.1, -0.05) is 24.3 Å². The average Bonchev–Trinajstić information content (AvgIpc) is 2.81. The van der Waals surface area contributed by atoms with Crippen LogP contribution in [0.3, 0.4) is 0 Å². The molecule has 2 heterocycles. The van der Waals surface area contributed by atoms with Gasteiger partial charge in [0.05, 0.1) is 0 Å². The van der Waals surface area contributed by atoms with Crippen molar-refractivity contribution in [2.75, 3.05) is 6.54 Å². The van der Waals surface area contributed by atoms with Crippen LogP contribution in [0.4, 0.5) is 0 Å². The van der Waals surface area contributed by atoms with E-state index in [2.05, 4.69) is 39.0 Å². The molecule has 0 fully saturated rings. The van der Waals surface area contributed by atoms with E-state index in [9.17, 15) is 4.79 Å². The highest BCUT2D eigenvalue weighted by atomic mass is 16.4. The zero-order valence-corrected chi connectivity index (χ0v) is 8.90. The molecule has 0 aliphatic carbocycles. The summed E-state index contributed by atoms with van der Waals surface area (Å²) < 4.78 is 4.22. The molecule has 1 aliphatic rings. The lowest BCUT2D eigenvalue weighted by atomic mass is 10.0. The van der Waals surface area contributed by atoms with Crippen LogP contribution in [-0.2, 0) is 13.0 Å². The van der Waals surface area contributed by atoms with Crippen molar-refractivity contribution in [2.24, 2.45) is 0 Å². The van der Waals surface area contributed by atoms with E-state index in [4.69, 9.17) is 0 Å². The molecule has 0 atom stereocenters. The van der Waals surface area contributed by atoms with Crippen molar-refractivity contribution in [1.29, 1.82) is 0 Å². The Balaban J connectivity index is 0.000000138. The van der Waals surface area contributed by atoms with Crippen molar-refractivity contribution in [1.82, 2.24) is 10.3 Å². The van der Waals surface area contributed by atoms with Gasteiger partial charge in [-0.3, -0.25) is 4.98 Å². The molecule has 0 spiro atoms. The molecular weight excluding hydrogens is 204 g/mol. The molecule has 0 bridgehead atoms. The van der Waals surface area contributed by atoms with E-state index in [1.54, 1.807) is 0 Å². The van der Waals surface area contributed by atoms with Crippen LogP contribution in [-0.4, -0.2) is 11.5 Å². The minimum Gasteiger partial charge on any atom is -0.417 e. The smallest absolute Gasteiger partial charge is 0.416 e. The highest BCUT2D eigenvalue weighted by Crippen LogP contribution is 2.11. The Kier molecular flexibility index (Phi) is 3.56. The lowest BCUT2D eigenvalue weighted by molar-refractivity contribution is 0.515. The molecule has 2 aromatic rings. The first kappa shape index (κ1) is 10.7. The van der Waals surface area contributed by atoms with E-state index in [1.165, 1.54) is 30.0 Å². The molecule has 3 rings (SSSR count). The second-order valence-electron chi connectivity index (χ2n) is 3.55. The van der Waals surface area contributed by atoms with Gasteiger partial charge >= 0.3 is 5.76 Å². The topological polar surface area (TPSA) is 58.0 Å². The van der Waals surface area contributed by atoms with Crippen molar-refractivity contribution < 1.29 is 4.42 Å². The summed E-state index contributed by atoms with van der Waals surface area (Å²) in [6.07, 6.45) is 3.92. The minimum atomic E-state index is -0.407. The Morgan fingerprint density at radius 1 is 1.19 bits per heavy atom. The fraction of sp³-hybridized carbons (Fsp3) is 0.250. The third-order valence-corrected chi connectivity index (χ3v) is 2.45. The van der Waals surface area contributed by atoms with E-state index in [0.717, 1.165) is 13.1 Å². The van der Waals surface area contributed by atoms with Crippen LogP contribution in [0.1, 0.15) is 11.1 Å². The van der Waals surface area contributed by atoms with E-state index < -0.39 is 5.76 Å². The number of aromatic amines is 1. The van der Waals surface area contributed by atoms with Gasteiger partial charge in [0.15, 0.2) is 0 Å². The summed E-state index contributed by atoms with van der Waals surface area (Å²) in [6, 6.07) is 8.63. The maximum atomic E-state index is 9.85. The van der Waals surface area contributed by atoms with E-state index in [0.29, 0.717) is 0 Å². The Morgan fingerprint density at radius 2 is 2.00 bits per heavy atom. The summed E-state index contributed by atoms with van der Waals surface area (Å²) in [4.78, 5) is 12.1. The van der Waals surface area contributed by atoms with E-state index in [1.807, 2.05) is 0 Å². The maximum Gasteiger partial charge on any atom is 0.416 e. The van der Waals surface area contributed by atoms with Crippen LogP contribution >= 0.6 is 0 Å². The maximum absolute atomic E-state index is 9.85. The lowest BCUT2D eigenvalue weighted by Gasteiger charge is -2.15. The molecule has 0 unspecified atom stereocenters. The van der Waals surface area contributed by atoms with Gasteiger partial charge in [-0.15, -0.1) is 0 Å². The number of aromatic nitrogens is 1. The van der Waals surface area contributed by atoms with Gasteiger partial charge in [-0.2, -0.15) is 0 Å². The fourth-order valence-corrected chi connectivity index (χ4v) is 1.65. The number of rotatable bonds is 0. The number of nitrogens with one attached hydrogen (secondary N) is 2. The van der Waals surface area contributed by atoms with Crippen LogP contribution in [0, 0.1) is 0 Å². The van der Waals surface area contributed by atoms with E-state index >= 15 is 0 Å². The molecule has 4 heteroatoms. The van der Waals surface area contributed by atoms with Gasteiger partial charge in [0.1, 0.15) is 6.26 Å². The van der Waals surface area contributed by atoms with Crippen LogP contribution in [0.5, 0.6) is 0 Å². The number of oxazole rings is 1. The second-order valence-corrected chi connectivity index (χ2v) is 3.55. The van der Waals surface area contributed by atoms with Gasteiger partial charge in [-0.25, -0.2) is 4.79 Å². The molecule has 2 N–H and O–H groups in total. The zero-order valence-electron chi connectivity index (χ0n) is 8.90. The van der Waals surface area contributed by atoms with Gasteiger partial charge in [0, 0.05) is 12.7 Å². The first-order valence-electron chi connectivity index (χ1n) is 5.26. The van der Waals surface area contributed by atoms with Crippen molar-refractivity contribution in [2.45, 2.75) is 13.0 Å². The molecule has 0 saturated heterocycles. The molecule has 0 saturated carbocycles. The zero-order chi connectivity index (χ0) is 11.2. The molecule has 4 nitrogen and oxygen atoms in total. The minimum absolute atomic E-state index is 0.407. The summed E-state index contributed by atoms with van der Waals surface area (Å²) in [7, 11) is 0. The predicted octanol–water partition coefficient (Wildman–Crippen LogP) is 1.30. The molecule has 0 radical (unpaired) electrons. The van der Waals surface area contributed by atoms with E-state index in [-0.39, 0.29) is 0 Å². The molecule has 1 aromatic heterocycles. The highest BCUT2D eigenvalue weighted by molar-refractivity contribution is 5.28. The highest BCUT2D eigenvalue weighted by Gasteiger charge is 2.05. The molecule has 84 valence electrons. The van der Waals surface area contributed by atoms with Crippen LogP contribution < -0.4 is 11.1 Å². The van der Waals surface area contributed by atoms with Crippen LogP contribution in [0.25, 0.3) is 0 Å². The number of hydrogen-bond donors (Lipinski definition) is 2. The Morgan fingerprint density at radius 3 is 2.56 bits per heavy atom. The van der Waals surface area contributed by atoms with Crippen molar-refractivity contribution in [3.63, 3.8) is 0 Å². The molecule has 1 aliphatic heterocycles. The predicted molar refractivity (Wildman–Crippen MR) is 61.2 cm³/mol. The monoisotopic (exact) mass is 218 g/mol. The number of benzene rings is 1. The van der Waals surface area contributed by atoms with Crippen molar-refractivity contribution >= 4 is 0 Å². The normalized spacial score (nSPS) is 13.5. The van der Waals surface area contributed by atoms with Crippen molar-refractivity contribution in [3.8, 4) is 0 Å². The third kappa shape index (κ3) is 2.84. The fourth-order valence-electron chi connectivity index (χ4n) is 1.65. The standard InChI is InChI=1S/C9H11N.C3H3NO2/c1-2-4-9-7-10-6-5-8(9)3-1;5-3-4-1-2-6-3/h1-4,10H,5-7H2;1-2H,(H,4,5). The summed E-state index contributed by atoms with van der Waals surface area (Å²) in [6.45, 7) is 2.19. The number of hydrogen-bond acceptors (Lipinski definition) is 3. The van der Waals surface area contributed by atoms with Gasteiger partial charge < -0.3 is 9.73 Å². The van der Waals surface area contributed by atoms with Gasteiger partial charge in [0.2, 0.25) is 0 Å². The quantitative estimate of drug-likeness (QED) is 0.700. The summed E-state index contributed by atoms with van der Waals surface area (Å²) in [5.41, 5.74) is 2.98. The van der Waals surface area contributed by atoms with Crippen LogP contribution in [0.15, 0.2) is 45.9 Å².